The summed E-state index contributed by atoms with van der Waals surface area (Å²) in [5, 5.41) is 1.05. The number of fused-ring (bicyclic) bond motifs is 1. The highest BCUT2D eigenvalue weighted by Crippen LogP contribution is 2.28. The number of pyridine rings is 1. The van der Waals surface area contributed by atoms with Gasteiger partial charge >= 0.3 is 0 Å². The minimum atomic E-state index is -0.447. The number of halogens is 2. The molecule has 0 atom stereocenters. The molecule has 0 bridgehead atoms. The third-order valence-corrected chi connectivity index (χ3v) is 4.30. The van der Waals surface area contributed by atoms with Crippen LogP contribution in [0.3, 0.4) is 0 Å². The van der Waals surface area contributed by atoms with Gasteiger partial charge in [-0.05, 0) is 42.8 Å². The zero-order chi connectivity index (χ0) is 17.4. The van der Waals surface area contributed by atoms with Crippen molar-refractivity contribution in [2.24, 2.45) is 0 Å². The van der Waals surface area contributed by atoms with Gasteiger partial charge in [-0.15, -0.1) is 0 Å². The molecule has 122 valence electrons. The molecule has 25 heavy (non-hydrogen) atoms. The number of nitrogens with zero attached hydrogens (tertiary/aromatic N) is 3. The zero-order valence-corrected chi connectivity index (χ0v) is 14.1. The average Bonchev–Trinajstić information content (AvgIpc) is 2.64. The first-order valence-electron chi connectivity index (χ1n) is 7.77. The van der Waals surface area contributed by atoms with Crippen molar-refractivity contribution in [3.05, 3.63) is 77.2 Å². The fourth-order valence-electron chi connectivity index (χ4n) is 2.68. The molecule has 0 spiro atoms. The predicted molar refractivity (Wildman–Crippen MR) is 97.9 cm³/mol. The Hall–Kier alpha value is -2.85. The Bertz CT molecular complexity index is 1100. The molecule has 0 fully saturated rings. The van der Waals surface area contributed by atoms with E-state index in [0.717, 1.165) is 27.7 Å². The minimum Gasteiger partial charge on any atom is -0.244 e. The maximum absolute atomic E-state index is 13.4. The molecule has 0 unspecified atom stereocenters. The van der Waals surface area contributed by atoms with Crippen LogP contribution < -0.4 is 0 Å². The maximum atomic E-state index is 13.4. The van der Waals surface area contributed by atoms with Crippen LogP contribution in [0.25, 0.3) is 33.7 Å². The Morgan fingerprint density at radius 2 is 1.80 bits per heavy atom. The van der Waals surface area contributed by atoms with Gasteiger partial charge in [0.2, 0.25) is 0 Å². The fourth-order valence-corrected chi connectivity index (χ4v) is 2.87. The van der Waals surface area contributed by atoms with Crippen LogP contribution in [0.4, 0.5) is 4.39 Å². The van der Waals surface area contributed by atoms with E-state index in [9.17, 15) is 4.39 Å². The Labute approximate surface area is 149 Å². The van der Waals surface area contributed by atoms with Crippen LogP contribution in [-0.2, 0) is 0 Å². The van der Waals surface area contributed by atoms with Gasteiger partial charge in [-0.2, -0.15) is 0 Å². The predicted octanol–water partition coefficient (Wildman–Crippen LogP) is 5.46. The van der Waals surface area contributed by atoms with Crippen LogP contribution in [0.1, 0.15) is 5.56 Å². The summed E-state index contributed by atoms with van der Waals surface area (Å²) in [6.45, 7) is 1.95. The Morgan fingerprint density at radius 3 is 2.64 bits per heavy atom. The lowest BCUT2D eigenvalue weighted by molar-refractivity contribution is 0.628. The van der Waals surface area contributed by atoms with Crippen LogP contribution in [0.2, 0.25) is 5.02 Å². The number of benzene rings is 2. The SMILES string of the molecule is Cc1ccc(-c2ncc3ccccc3n2)nc1-c1ccc(F)c(Cl)c1. The highest BCUT2D eigenvalue weighted by Gasteiger charge is 2.11. The van der Waals surface area contributed by atoms with Crippen molar-refractivity contribution in [3.63, 3.8) is 0 Å². The zero-order valence-electron chi connectivity index (χ0n) is 13.4. The van der Waals surface area contributed by atoms with Gasteiger partial charge in [-0.25, -0.2) is 19.3 Å². The van der Waals surface area contributed by atoms with Crippen LogP contribution in [0.15, 0.2) is 60.8 Å². The van der Waals surface area contributed by atoms with E-state index in [0.29, 0.717) is 11.5 Å². The van der Waals surface area contributed by atoms with Crippen molar-refractivity contribution in [1.29, 1.82) is 0 Å². The minimum absolute atomic E-state index is 0.0751. The van der Waals surface area contributed by atoms with E-state index < -0.39 is 5.82 Å². The monoisotopic (exact) mass is 349 g/mol. The molecular formula is C20H13ClFN3. The average molecular weight is 350 g/mol. The molecule has 0 radical (unpaired) electrons. The number of hydrogen-bond acceptors (Lipinski definition) is 3. The third kappa shape index (κ3) is 2.96. The second-order valence-corrected chi connectivity index (χ2v) is 6.15. The lowest BCUT2D eigenvalue weighted by Crippen LogP contribution is -1.96. The van der Waals surface area contributed by atoms with Gasteiger partial charge in [-0.1, -0.05) is 35.9 Å². The van der Waals surface area contributed by atoms with Crippen molar-refractivity contribution < 1.29 is 4.39 Å². The number of hydrogen-bond donors (Lipinski definition) is 0. The first-order chi connectivity index (χ1) is 12.1. The van der Waals surface area contributed by atoms with E-state index in [1.54, 1.807) is 18.3 Å². The van der Waals surface area contributed by atoms with Gasteiger partial charge < -0.3 is 0 Å². The molecule has 2 aromatic heterocycles. The summed E-state index contributed by atoms with van der Waals surface area (Å²) in [7, 11) is 0. The normalized spacial score (nSPS) is 11.0. The van der Waals surface area contributed by atoms with E-state index in [1.165, 1.54) is 6.07 Å². The first kappa shape index (κ1) is 15.7. The third-order valence-electron chi connectivity index (χ3n) is 4.01. The second kappa shape index (κ2) is 6.22. The molecule has 0 saturated carbocycles. The summed E-state index contributed by atoms with van der Waals surface area (Å²) < 4.78 is 13.4. The molecule has 3 nitrogen and oxygen atoms in total. The van der Waals surface area contributed by atoms with Gasteiger partial charge in [0.25, 0.3) is 0 Å². The summed E-state index contributed by atoms with van der Waals surface area (Å²) in [5.74, 6) is 0.102. The van der Waals surface area contributed by atoms with Gasteiger partial charge in [0.1, 0.15) is 11.5 Å². The van der Waals surface area contributed by atoms with E-state index in [-0.39, 0.29) is 5.02 Å². The standard InChI is InChI=1S/C20H13ClFN3/c1-12-6-9-18(20-23-11-14-4-2-3-5-17(14)25-20)24-19(12)13-7-8-16(22)15(21)10-13/h2-11H,1H3. The fraction of sp³-hybridized carbons (Fsp3) is 0.0500. The molecule has 0 aliphatic heterocycles. The molecule has 0 aliphatic rings. The van der Waals surface area contributed by atoms with Gasteiger partial charge in [0.05, 0.1) is 16.2 Å². The Balaban J connectivity index is 1.84. The summed E-state index contributed by atoms with van der Waals surface area (Å²) in [4.78, 5) is 13.7. The molecule has 0 N–H and O–H groups in total. The molecular weight excluding hydrogens is 337 g/mol. The second-order valence-electron chi connectivity index (χ2n) is 5.74. The van der Waals surface area contributed by atoms with E-state index in [2.05, 4.69) is 15.0 Å². The molecule has 4 aromatic rings. The highest BCUT2D eigenvalue weighted by atomic mass is 35.5. The maximum Gasteiger partial charge on any atom is 0.178 e. The van der Waals surface area contributed by atoms with Crippen LogP contribution in [0, 0.1) is 12.7 Å². The molecule has 0 saturated heterocycles. The summed E-state index contributed by atoms with van der Waals surface area (Å²) in [5.41, 5.74) is 3.97. The van der Waals surface area contributed by atoms with Crippen molar-refractivity contribution in [1.82, 2.24) is 15.0 Å². The van der Waals surface area contributed by atoms with Crippen molar-refractivity contribution in [2.75, 3.05) is 0 Å². The topological polar surface area (TPSA) is 38.7 Å². The molecule has 4 rings (SSSR count). The molecule has 0 amide bonds. The smallest absolute Gasteiger partial charge is 0.178 e. The number of aromatic nitrogens is 3. The lowest BCUT2D eigenvalue weighted by atomic mass is 10.1. The number of rotatable bonds is 2. The highest BCUT2D eigenvalue weighted by molar-refractivity contribution is 6.31. The Kier molecular flexibility index (Phi) is 3.90. The first-order valence-corrected chi connectivity index (χ1v) is 8.15. The largest absolute Gasteiger partial charge is 0.244 e. The van der Waals surface area contributed by atoms with E-state index in [4.69, 9.17) is 11.6 Å². The number of aryl methyl sites for hydroxylation is 1. The van der Waals surface area contributed by atoms with Crippen molar-refractivity contribution in [2.45, 2.75) is 6.92 Å². The van der Waals surface area contributed by atoms with E-state index in [1.807, 2.05) is 43.3 Å². The summed E-state index contributed by atoms with van der Waals surface area (Å²) in [6, 6.07) is 16.2. The van der Waals surface area contributed by atoms with Gasteiger partial charge in [0.15, 0.2) is 5.82 Å². The van der Waals surface area contributed by atoms with Crippen LogP contribution >= 0.6 is 11.6 Å². The summed E-state index contributed by atoms with van der Waals surface area (Å²) in [6.07, 6.45) is 1.79. The summed E-state index contributed by atoms with van der Waals surface area (Å²) >= 11 is 5.91. The van der Waals surface area contributed by atoms with Crippen molar-refractivity contribution >= 4 is 22.5 Å². The van der Waals surface area contributed by atoms with Crippen LogP contribution in [-0.4, -0.2) is 15.0 Å². The van der Waals surface area contributed by atoms with Gasteiger partial charge in [0, 0.05) is 17.1 Å². The van der Waals surface area contributed by atoms with E-state index >= 15 is 0 Å². The van der Waals surface area contributed by atoms with Crippen molar-refractivity contribution in [3.8, 4) is 22.8 Å². The quantitative estimate of drug-likeness (QED) is 0.482. The van der Waals surface area contributed by atoms with Crippen LogP contribution in [0.5, 0.6) is 0 Å². The molecule has 0 aliphatic carbocycles. The lowest BCUT2D eigenvalue weighted by Gasteiger charge is -2.09. The number of para-hydroxylation sites is 1. The van der Waals surface area contributed by atoms with Gasteiger partial charge in [-0.3, -0.25) is 0 Å². The Morgan fingerprint density at radius 1 is 0.960 bits per heavy atom. The molecule has 5 heteroatoms. The molecule has 2 heterocycles. The molecule has 2 aromatic carbocycles.